The fourth-order valence-corrected chi connectivity index (χ4v) is 22.4. The monoisotopic (exact) mass is 1270 g/mol. The number of hydrogen-bond acceptors (Lipinski definition) is 0. The van der Waals surface area contributed by atoms with Gasteiger partial charge in [0.1, 0.15) is 0 Å². The molecule has 26 rings (SSSR count). The van der Waals surface area contributed by atoms with Crippen LogP contribution < -0.4 is 0 Å². The summed E-state index contributed by atoms with van der Waals surface area (Å²) in [6.45, 7) is 19.6. The second kappa shape index (κ2) is 16.2. The van der Waals surface area contributed by atoms with E-state index in [1.165, 1.54) is 253 Å². The van der Waals surface area contributed by atoms with Crippen LogP contribution in [0.25, 0.3) is 208 Å². The second-order valence-electron chi connectivity index (χ2n) is 32.6. The van der Waals surface area contributed by atoms with Crippen molar-refractivity contribution in [1.82, 2.24) is 17.6 Å². The Labute approximate surface area is 574 Å². The number of nitrogens with zero attached hydrogens (tertiary/aromatic N) is 4. The minimum Gasteiger partial charge on any atom is -0.308 e. The predicted octanol–water partition coefficient (Wildman–Crippen LogP) is 25.2. The van der Waals surface area contributed by atoms with Gasteiger partial charge in [-0.05, 0) is 185 Å². The summed E-state index contributed by atoms with van der Waals surface area (Å²) in [7, 11) is 0. The molecule has 8 heterocycles. The molecule has 0 saturated carbocycles. The van der Waals surface area contributed by atoms with Crippen LogP contribution in [0, 0.1) is 0 Å². The molecule has 0 aliphatic heterocycles. The van der Waals surface area contributed by atoms with Gasteiger partial charge in [-0.1, -0.05) is 201 Å². The quantitative estimate of drug-likeness (QED) is 0.156. The number of para-hydroxylation sites is 3. The van der Waals surface area contributed by atoms with E-state index in [4.69, 9.17) is 0 Å². The maximum absolute atomic E-state index is 2.67. The van der Waals surface area contributed by atoms with E-state index in [9.17, 15) is 0 Å². The molecule has 4 aliphatic rings. The molecule has 0 unspecified atom stereocenters. The summed E-state index contributed by atoms with van der Waals surface area (Å²) in [5, 5.41) is 21.3. The van der Waals surface area contributed by atoms with Crippen molar-refractivity contribution in [3.63, 3.8) is 0 Å². The molecule has 466 valence electrons. The van der Waals surface area contributed by atoms with Crippen LogP contribution in [0.2, 0.25) is 0 Å². The van der Waals surface area contributed by atoms with Gasteiger partial charge >= 0.3 is 0 Å². The highest BCUT2D eigenvalue weighted by atomic mass is 15.0. The first-order chi connectivity index (χ1) is 48.7. The molecule has 4 aliphatic carbocycles. The second-order valence-corrected chi connectivity index (χ2v) is 32.6. The standard InChI is InChI=1S/C96H62N4/c1-93(2)66-28-16-10-23-51(66)82-69(93)39-58-49-21-12-18-30-73(49)97-79-45-64-80(46-63(79)87(82)89(58)97)100-76-36-34-48(37-55(76)59-40-71-83(88(64)92(59)100)52-24-11-17-29-67(52)95(71,5)6)47-33-35-68-62(38-47)84-72(96(68,7)8)42-61-57-44-77-56(43-78(57)99-75-32-20-14-26-54(75)86(84)91(61)99)60-41-70-81(50-22-9-15-27-65(50)94(70,3)4)85-53-25-13-19-31-74(53)98(77)90(60)85/h9-46H,1-8H3. The van der Waals surface area contributed by atoms with Gasteiger partial charge < -0.3 is 17.6 Å². The van der Waals surface area contributed by atoms with E-state index in [0.717, 1.165) is 0 Å². The molecule has 8 aromatic heterocycles. The van der Waals surface area contributed by atoms with Crippen LogP contribution >= 0.6 is 0 Å². The zero-order chi connectivity index (χ0) is 65.7. The van der Waals surface area contributed by atoms with Gasteiger partial charge in [-0.3, -0.25) is 0 Å². The summed E-state index contributed by atoms with van der Waals surface area (Å²) < 4.78 is 10.5. The molecule has 0 N–H and O–H groups in total. The summed E-state index contributed by atoms with van der Waals surface area (Å²) in [5.41, 5.74) is 39.4. The third-order valence-corrected chi connectivity index (χ3v) is 26.8. The van der Waals surface area contributed by atoms with E-state index in [0.29, 0.717) is 0 Å². The Balaban J connectivity index is 0.718. The highest BCUT2D eigenvalue weighted by Crippen LogP contribution is 2.62. The molecule has 0 saturated heterocycles. The smallest absolute Gasteiger partial charge is 0.0627 e. The van der Waals surface area contributed by atoms with Gasteiger partial charge in [0.25, 0.3) is 0 Å². The largest absolute Gasteiger partial charge is 0.308 e. The number of fused-ring (bicyclic) bond motifs is 40. The molecule has 0 atom stereocenters. The maximum Gasteiger partial charge on any atom is 0.0627 e. The topological polar surface area (TPSA) is 17.6 Å². The van der Waals surface area contributed by atoms with Crippen LogP contribution in [0.15, 0.2) is 231 Å². The van der Waals surface area contributed by atoms with Crippen molar-refractivity contribution < 1.29 is 0 Å². The Kier molecular flexibility index (Phi) is 8.49. The highest BCUT2D eigenvalue weighted by molar-refractivity contribution is 6.36. The van der Waals surface area contributed by atoms with Gasteiger partial charge in [0.2, 0.25) is 0 Å². The van der Waals surface area contributed by atoms with E-state index in [1.807, 2.05) is 0 Å². The van der Waals surface area contributed by atoms with E-state index >= 15 is 0 Å². The first-order valence-electron chi connectivity index (χ1n) is 36.0. The maximum atomic E-state index is 2.67. The Bertz CT molecular complexity index is 7750. The molecule has 0 bridgehead atoms. The van der Waals surface area contributed by atoms with Gasteiger partial charge in [0.05, 0.1) is 66.2 Å². The Morgan fingerprint density at radius 2 is 0.480 bits per heavy atom. The lowest BCUT2D eigenvalue weighted by Gasteiger charge is -2.22. The van der Waals surface area contributed by atoms with Gasteiger partial charge in [0, 0.05) is 108 Å². The number of benzene rings is 14. The highest BCUT2D eigenvalue weighted by Gasteiger charge is 2.44. The van der Waals surface area contributed by atoms with E-state index in [2.05, 4.69) is 304 Å². The first kappa shape index (κ1) is 52.4. The minimum absolute atomic E-state index is 0.138. The molecule has 4 nitrogen and oxygen atoms in total. The summed E-state index contributed by atoms with van der Waals surface area (Å²) >= 11 is 0. The van der Waals surface area contributed by atoms with Crippen LogP contribution in [0.5, 0.6) is 0 Å². The van der Waals surface area contributed by atoms with Crippen LogP contribution in [0.4, 0.5) is 0 Å². The van der Waals surface area contributed by atoms with Crippen molar-refractivity contribution in [1.29, 1.82) is 0 Å². The van der Waals surface area contributed by atoms with Crippen molar-refractivity contribution in [2.75, 3.05) is 0 Å². The zero-order valence-electron chi connectivity index (χ0n) is 56.7. The minimum atomic E-state index is -0.261. The molecule has 14 aromatic carbocycles. The van der Waals surface area contributed by atoms with Crippen LogP contribution in [-0.2, 0) is 21.7 Å². The average molecular weight is 1270 g/mol. The number of aromatic nitrogens is 4. The van der Waals surface area contributed by atoms with Crippen molar-refractivity contribution in [3.05, 3.63) is 275 Å². The van der Waals surface area contributed by atoms with Gasteiger partial charge in [-0.25, -0.2) is 0 Å². The van der Waals surface area contributed by atoms with Crippen LogP contribution in [-0.4, -0.2) is 17.6 Å². The Hall–Kier alpha value is -11.7. The number of rotatable bonds is 1. The van der Waals surface area contributed by atoms with Gasteiger partial charge in [-0.15, -0.1) is 0 Å². The summed E-state index contributed by atoms with van der Waals surface area (Å²) in [5.74, 6) is 0. The summed E-state index contributed by atoms with van der Waals surface area (Å²) in [4.78, 5) is 0. The molecular formula is C96H62N4. The van der Waals surface area contributed by atoms with E-state index < -0.39 is 0 Å². The van der Waals surface area contributed by atoms with Crippen molar-refractivity contribution in [3.8, 4) is 55.6 Å². The zero-order valence-corrected chi connectivity index (χ0v) is 56.7. The fourth-order valence-electron chi connectivity index (χ4n) is 22.4. The lowest BCUT2D eigenvalue weighted by Crippen LogP contribution is -2.14. The van der Waals surface area contributed by atoms with Crippen LogP contribution in [0.3, 0.4) is 0 Å². The Morgan fingerprint density at radius 3 is 0.920 bits per heavy atom. The lowest BCUT2D eigenvalue weighted by atomic mass is 9.81. The molecule has 100 heavy (non-hydrogen) atoms. The average Bonchev–Trinajstić information content (AvgIpc) is 1.50. The van der Waals surface area contributed by atoms with Gasteiger partial charge in [0.15, 0.2) is 0 Å². The fraction of sp³-hybridized carbons (Fsp3) is 0.125. The molecule has 0 amide bonds. The molecule has 22 aromatic rings. The van der Waals surface area contributed by atoms with Crippen molar-refractivity contribution >= 4 is 152 Å². The molecule has 0 fully saturated rings. The lowest BCUT2D eigenvalue weighted by molar-refractivity contribution is 0.661. The predicted molar refractivity (Wildman–Crippen MR) is 421 cm³/mol. The molecule has 0 spiro atoms. The van der Waals surface area contributed by atoms with E-state index in [-0.39, 0.29) is 21.7 Å². The molecule has 0 radical (unpaired) electrons. The third kappa shape index (κ3) is 5.42. The third-order valence-electron chi connectivity index (χ3n) is 26.8. The summed E-state index contributed by atoms with van der Waals surface area (Å²) in [6.07, 6.45) is 0. The van der Waals surface area contributed by atoms with E-state index in [1.54, 1.807) is 0 Å². The normalized spacial score (nSPS) is 16.1. The van der Waals surface area contributed by atoms with Crippen molar-refractivity contribution in [2.24, 2.45) is 0 Å². The van der Waals surface area contributed by atoms with Crippen molar-refractivity contribution in [2.45, 2.75) is 77.0 Å². The summed E-state index contributed by atoms with van der Waals surface area (Å²) in [6, 6.07) is 90.8. The van der Waals surface area contributed by atoms with Crippen LogP contribution in [0.1, 0.15) is 99.9 Å². The Morgan fingerprint density at radius 1 is 0.190 bits per heavy atom. The molecule has 4 heteroatoms. The van der Waals surface area contributed by atoms with Gasteiger partial charge in [-0.2, -0.15) is 0 Å². The number of hydrogen-bond donors (Lipinski definition) is 0. The molecular weight excluding hydrogens is 1210 g/mol. The first-order valence-corrected chi connectivity index (χ1v) is 36.0. The SMILES string of the molecule is CC1(C)c2ccccc2-c2c1cc1c3cc4c(cc3n3c5ccccc5c2c13)c1cc2c(c3c5ccccc5n4c13)-c1cc(-c3ccc4c(c3)c3cc5c(c6c7cc8c(cc7n4c36)c3c4c(cc6c7ccccc7n8c63)C(C)(C)c3ccccc3-4)-c3ccccc3C5(C)C)ccc1C2(C)C.